The Morgan fingerprint density at radius 3 is 2.64 bits per heavy atom. The highest BCUT2D eigenvalue weighted by molar-refractivity contribution is 5.93. The summed E-state index contributed by atoms with van der Waals surface area (Å²) in [7, 11) is 1.56. The van der Waals surface area contributed by atoms with Crippen molar-refractivity contribution in [2.24, 2.45) is 0 Å². The zero-order chi connectivity index (χ0) is 29.2. The number of methoxy groups -OCH3 is 1. The van der Waals surface area contributed by atoms with Crippen molar-refractivity contribution in [3.05, 3.63) is 73.3 Å². The number of halogens is 1. The molecule has 2 aromatic carbocycles. The van der Waals surface area contributed by atoms with Crippen molar-refractivity contribution in [3.63, 3.8) is 0 Å². The minimum absolute atomic E-state index is 0.176. The first-order valence-corrected chi connectivity index (χ1v) is 13.2. The Balaban J connectivity index is 1.20. The van der Waals surface area contributed by atoms with Crippen LogP contribution in [0.5, 0.6) is 23.1 Å². The van der Waals surface area contributed by atoms with E-state index in [1.54, 1.807) is 36.3 Å². The number of fused-ring (bicyclic) bond motifs is 2. The molecule has 13 heteroatoms. The van der Waals surface area contributed by atoms with Gasteiger partial charge in [0.2, 0.25) is 5.88 Å². The molecule has 3 aromatic heterocycles. The summed E-state index contributed by atoms with van der Waals surface area (Å²) in [6.45, 7) is 5.80. The normalized spacial score (nSPS) is 13.7. The van der Waals surface area contributed by atoms with Crippen LogP contribution in [0.4, 0.5) is 15.9 Å². The maximum atomic E-state index is 13.3. The summed E-state index contributed by atoms with van der Waals surface area (Å²) in [5, 5.41) is 12.0. The predicted octanol–water partition coefficient (Wildman–Crippen LogP) is 4.77. The van der Waals surface area contributed by atoms with E-state index >= 15 is 0 Å². The van der Waals surface area contributed by atoms with Gasteiger partial charge in [-0.15, -0.1) is 10.2 Å². The number of hydrogen-bond acceptors (Lipinski definition) is 10. The van der Waals surface area contributed by atoms with Gasteiger partial charge in [-0.05, 0) is 36.8 Å². The second kappa shape index (κ2) is 11.3. The third-order valence-electron chi connectivity index (χ3n) is 6.99. The van der Waals surface area contributed by atoms with Gasteiger partial charge >= 0.3 is 0 Å². The quantitative estimate of drug-likeness (QED) is 0.260. The smallest absolute Gasteiger partial charge is 0.281 e. The van der Waals surface area contributed by atoms with Crippen LogP contribution < -0.4 is 19.5 Å². The number of amides is 1. The van der Waals surface area contributed by atoms with E-state index < -0.39 is 11.7 Å². The molecule has 5 aromatic rings. The molecule has 1 aliphatic heterocycles. The van der Waals surface area contributed by atoms with Crippen molar-refractivity contribution >= 4 is 34.0 Å². The zero-order valence-electron chi connectivity index (χ0n) is 23.0. The molecular weight excluding hydrogens is 543 g/mol. The first-order chi connectivity index (χ1) is 20.4. The minimum Gasteiger partial charge on any atom is -0.493 e. The average Bonchev–Trinajstić information content (AvgIpc) is 3.46. The molecule has 0 spiro atoms. The lowest BCUT2D eigenvalue weighted by atomic mass is 10.1. The van der Waals surface area contributed by atoms with E-state index in [1.165, 1.54) is 11.2 Å². The first kappa shape index (κ1) is 26.9. The molecule has 0 atom stereocenters. The first-order valence-electron chi connectivity index (χ1n) is 13.2. The van der Waals surface area contributed by atoms with E-state index in [1.807, 2.05) is 31.2 Å². The molecule has 0 bridgehead atoms. The molecular formula is C29H27FN8O4. The highest BCUT2D eigenvalue weighted by Crippen LogP contribution is 2.37. The maximum absolute atomic E-state index is 13.3. The van der Waals surface area contributed by atoms with E-state index in [0.717, 1.165) is 16.6 Å². The van der Waals surface area contributed by atoms with Crippen LogP contribution in [0.3, 0.4) is 0 Å². The fourth-order valence-electron chi connectivity index (χ4n) is 4.80. The third-order valence-corrected chi connectivity index (χ3v) is 6.99. The summed E-state index contributed by atoms with van der Waals surface area (Å²) in [4.78, 5) is 26.5. The number of carbonyl (C=O) groups excluding carboxylic acids is 1. The number of piperidine rings is 1. The van der Waals surface area contributed by atoms with Crippen LogP contribution in [0, 0.1) is 6.92 Å². The molecule has 0 unspecified atom stereocenters. The monoisotopic (exact) mass is 570 g/mol. The summed E-state index contributed by atoms with van der Waals surface area (Å²) in [6.07, 6.45) is 5.56. The fraction of sp³-hybridized carbons (Fsp3) is 0.241. The number of hydrogen-bond donors (Lipinski definition) is 1. The highest BCUT2D eigenvalue weighted by atomic mass is 19.1. The summed E-state index contributed by atoms with van der Waals surface area (Å²) < 4.78 is 32.8. The second-order valence-corrected chi connectivity index (χ2v) is 9.79. The Morgan fingerprint density at radius 2 is 1.88 bits per heavy atom. The van der Waals surface area contributed by atoms with Gasteiger partial charge in [0.25, 0.3) is 5.91 Å². The Hall–Kier alpha value is -5.33. The molecule has 4 heterocycles. The number of anilines is 2. The van der Waals surface area contributed by atoms with E-state index in [-0.39, 0.29) is 6.10 Å². The Morgan fingerprint density at radius 1 is 1.05 bits per heavy atom. The van der Waals surface area contributed by atoms with Crippen LogP contribution in [0.25, 0.3) is 16.6 Å². The van der Waals surface area contributed by atoms with E-state index in [2.05, 4.69) is 37.0 Å². The second-order valence-electron chi connectivity index (χ2n) is 9.79. The molecule has 6 rings (SSSR count). The summed E-state index contributed by atoms with van der Waals surface area (Å²) >= 11 is 0. The maximum Gasteiger partial charge on any atom is 0.281 e. The van der Waals surface area contributed by atoms with Crippen LogP contribution in [-0.2, 0) is 4.79 Å². The molecule has 0 radical (unpaired) electrons. The average molecular weight is 571 g/mol. The Bertz CT molecular complexity index is 1800. The number of benzene rings is 2. The van der Waals surface area contributed by atoms with Gasteiger partial charge in [0.05, 0.1) is 12.6 Å². The van der Waals surface area contributed by atoms with Crippen LogP contribution in [0.15, 0.2) is 67.8 Å². The predicted molar refractivity (Wildman–Crippen MR) is 152 cm³/mol. The molecule has 42 heavy (non-hydrogen) atoms. The van der Waals surface area contributed by atoms with Crippen LogP contribution >= 0.6 is 0 Å². The lowest BCUT2D eigenvalue weighted by Gasteiger charge is -2.32. The number of carbonyl (C=O) groups is 1. The summed E-state index contributed by atoms with van der Waals surface area (Å²) in [6, 6.07) is 11.0. The van der Waals surface area contributed by atoms with Gasteiger partial charge in [-0.3, -0.25) is 9.20 Å². The van der Waals surface area contributed by atoms with E-state index in [4.69, 9.17) is 14.2 Å². The molecule has 1 aliphatic rings. The number of aromatic nitrogens is 6. The lowest BCUT2D eigenvalue weighted by Crippen LogP contribution is -2.41. The Labute approximate surface area is 239 Å². The molecule has 1 saturated heterocycles. The van der Waals surface area contributed by atoms with Gasteiger partial charge in [0.15, 0.2) is 23.0 Å². The van der Waals surface area contributed by atoms with Gasteiger partial charge in [-0.1, -0.05) is 6.58 Å². The number of rotatable bonds is 8. The van der Waals surface area contributed by atoms with Crippen molar-refractivity contribution in [3.8, 4) is 23.1 Å². The van der Waals surface area contributed by atoms with E-state index in [9.17, 15) is 9.18 Å². The van der Waals surface area contributed by atoms with Crippen molar-refractivity contribution in [1.82, 2.24) is 34.4 Å². The SMILES string of the molecule is C=C(F)C(=O)N1CCC(Oc2cc3c(Nc4ccc(Oc5cc6nncn6cn5)c(C)c4)ncnc3cc2OC)CC1. The highest BCUT2D eigenvalue weighted by Gasteiger charge is 2.26. The summed E-state index contributed by atoms with van der Waals surface area (Å²) in [5.41, 5.74) is 2.99. The lowest BCUT2D eigenvalue weighted by molar-refractivity contribution is -0.130. The van der Waals surface area contributed by atoms with Crippen molar-refractivity contribution in [2.75, 3.05) is 25.5 Å². The van der Waals surface area contributed by atoms with Gasteiger partial charge in [-0.25, -0.2) is 19.3 Å². The molecule has 214 valence electrons. The number of ether oxygens (including phenoxy) is 3. The van der Waals surface area contributed by atoms with Crippen molar-refractivity contribution in [1.29, 1.82) is 0 Å². The molecule has 1 amide bonds. The topological polar surface area (TPSA) is 129 Å². The van der Waals surface area contributed by atoms with Gasteiger partial charge in [0.1, 0.15) is 36.7 Å². The van der Waals surface area contributed by atoms with E-state index in [0.29, 0.717) is 66.0 Å². The molecule has 1 N–H and O–H groups in total. The largest absolute Gasteiger partial charge is 0.493 e. The van der Waals surface area contributed by atoms with Gasteiger partial charge < -0.3 is 24.4 Å². The third kappa shape index (κ3) is 5.48. The van der Waals surface area contributed by atoms with Crippen LogP contribution in [0.1, 0.15) is 18.4 Å². The molecule has 12 nitrogen and oxygen atoms in total. The standard InChI is InChI=1S/C29H27FN8O4/c1-17-10-19(4-5-23(17)42-27-13-26-36-34-16-38(26)15-33-27)35-28-21-11-25(24(40-3)12-22(21)31-14-32-28)41-20-6-8-37(9-7-20)29(39)18(2)30/h4-5,10-16,20H,2,6-9H2,1,3H3,(H,31,32,35). The van der Waals surface area contributed by atoms with Crippen LogP contribution in [-0.4, -0.2) is 66.7 Å². The minimum atomic E-state index is -0.954. The number of nitrogens with zero attached hydrogens (tertiary/aromatic N) is 7. The summed E-state index contributed by atoms with van der Waals surface area (Å²) in [5.74, 6) is 1.06. The van der Waals surface area contributed by atoms with Gasteiger partial charge in [0, 0.05) is 49.1 Å². The van der Waals surface area contributed by atoms with Crippen LogP contribution in [0.2, 0.25) is 0 Å². The molecule has 1 fully saturated rings. The fourth-order valence-corrected chi connectivity index (χ4v) is 4.80. The van der Waals surface area contributed by atoms with Crippen molar-refractivity contribution in [2.45, 2.75) is 25.9 Å². The Kier molecular flexibility index (Phi) is 7.21. The number of nitrogens with one attached hydrogen (secondary N) is 1. The zero-order valence-corrected chi connectivity index (χ0v) is 23.0. The molecule has 0 saturated carbocycles. The number of aryl methyl sites for hydroxylation is 1. The molecule has 0 aliphatic carbocycles. The van der Waals surface area contributed by atoms with Gasteiger partial charge in [-0.2, -0.15) is 0 Å². The van der Waals surface area contributed by atoms with Crippen molar-refractivity contribution < 1.29 is 23.4 Å². The number of likely N-dealkylation sites (tertiary alicyclic amines) is 1.